The average molecular weight is 162 g/mol. The van der Waals surface area contributed by atoms with Crippen LogP contribution in [0.1, 0.15) is 26.7 Å². The highest BCUT2D eigenvalue weighted by Crippen LogP contribution is 1.94. The molecule has 0 bridgehead atoms. The van der Waals surface area contributed by atoms with E-state index < -0.39 is 13.1 Å². The van der Waals surface area contributed by atoms with E-state index in [1.807, 2.05) is 6.92 Å². The number of hydrogen-bond acceptors (Lipinski definition) is 3. The van der Waals surface area contributed by atoms with Crippen LogP contribution in [-0.4, -0.2) is 28.2 Å². The fraction of sp³-hybridized carbons (Fsp3) is 0.833. The van der Waals surface area contributed by atoms with Crippen LogP contribution in [0.2, 0.25) is 6.32 Å². The average Bonchev–Trinajstić information content (AvgIpc) is 1.82. The van der Waals surface area contributed by atoms with Gasteiger partial charge in [-0.2, -0.15) is 0 Å². The summed E-state index contributed by atoms with van der Waals surface area (Å²) in [5.74, 6) is -0.833. The highest BCUT2D eigenvalue weighted by molar-refractivity contribution is 6.40. The molecule has 4 nitrogen and oxygen atoms in total. The molecule has 0 atom stereocenters. The summed E-state index contributed by atoms with van der Waals surface area (Å²) in [6.45, 7) is 3.10. The van der Waals surface area contributed by atoms with E-state index in [0.29, 0.717) is 6.32 Å². The Labute approximate surface area is 67.0 Å². The maximum Gasteiger partial charge on any atom is 0.451 e. The molecule has 0 aliphatic carbocycles. The molecule has 0 fully saturated rings. The molecular weight excluding hydrogens is 147 g/mol. The second-order valence-corrected chi connectivity index (χ2v) is 2.14. The van der Waals surface area contributed by atoms with Gasteiger partial charge in [-0.15, -0.1) is 0 Å². The van der Waals surface area contributed by atoms with Crippen LogP contribution in [0, 0.1) is 0 Å². The first kappa shape index (κ1) is 13.1. The summed E-state index contributed by atoms with van der Waals surface area (Å²) >= 11 is 0. The Hall–Kier alpha value is -0.545. The summed E-state index contributed by atoms with van der Waals surface area (Å²) in [7, 11) is -1.10. The Morgan fingerprint density at radius 1 is 1.45 bits per heavy atom. The van der Waals surface area contributed by atoms with Gasteiger partial charge in [0, 0.05) is 6.92 Å². The molecule has 66 valence electrons. The van der Waals surface area contributed by atoms with Gasteiger partial charge in [0.2, 0.25) is 0 Å². The zero-order chi connectivity index (χ0) is 9.28. The van der Waals surface area contributed by atoms with Gasteiger partial charge in [-0.3, -0.25) is 4.79 Å². The summed E-state index contributed by atoms with van der Waals surface area (Å²) in [6, 6.07) is 0. The van der Waals surface area contributed by atoms with Crippen molar-refractivity contribution in [1.29, 1.82) is 0 Å². The SMILES string of the molecule is CC(=O)O.CCCCB(O)O. The molecule has 0 radical (unpaired) electrons. The van der Waals surface area contributed by atoms with E-state index in [1.165, 1.54) is 0 Å². The Morgan fingerprint density at radius 2 is 1.82 bits per heavy atom. The third-order valence-corrected chi connectivity index (χ3v) is 0.816. The zero-order valence-electron chi connectivity index (χ0n) is 6.95. The third kappa shape index (κ3) is 44.0. The summed E-state index contributed by atoms with van der Waals surface area (Å²) < 4.78 is 0. The van der Waals surface area contributed by atoms with Gasteiger partial charge in [0.1, 0.15) is 0 Å². The van der Waals surface area contributed by atoms with Crippen LogP contribution in [0.5, 0.6) is 0 Å². The van der Waals surface area contributed by atoms with E-state index in [4.69, 9.17) is 19.9 Å². The van der Waals surface area contributed by atoms with E-state index in [0.717, 1.165) is 19.8 Å². The topological polar surface area (TPSA) is 77.8 Å². The molecule has 0 heterocycles. The monoisotopic (exact) mass is 162 g/mol. The van der Waals surface area contributed by atoms with Gasteiger partial charge >= 0.3 is 7.12 Å². The minimum Gasteiger partial charge on any atom is -0.481 e. The van der Waals surface area contributed by atoms with Crippen LogP contribution in [-0.2, 0) is 4.79 Å². The molecule has 0 amide bonds. The van der Waals surface area contributed by atoms with Gasteiger partial charge in [0.05, 0.1) is 0 Å². The Balaban J connectivity index is 0. The fourth-order valence-corrected chi connectivity index (χ4v) is 0.387. The number of carboxylic acids is 1. The highest BCUT2D eigenvalue weighted by atomic mass is 16.4. The van der Waals surface area contributed by atoms with Crippen LogP contribution >= 0.6 is 0 Å². The lowest BCUT2D eigenvalue weighted by atomic mass is 9.84. The fourth-order valence-electron chi connectivity index (χ4n) is 0.387. The van der Waals surface area contributed by atoms with Gasteiger partial charge in [-0.1, -0.05) is 19.8 Å². The lowest BCUT2D eigenvalue weighted by Crippen LogP contribution is -2.08. The van der Waals surface area contributed by atoms with E-state index in [-0.39, 0.29) is 0 Å². The first-order valence-electron chi connectivity index (χ1n) is 3.56. The lowest BCUT2D eigenvalue weighted by molar-refractivity contribution is -0.134. The van der Waals surface area contributed by atoms with Crippen molar-refractivity contribution in [3.8, 4) is 0 Å². The maximum absolute atomic E-state index is 9.00. The van der Waals surface area contributed by atoms with E-state index in [2.05, 4.69) is 0 Å². The van der Waals surface area contributed by atoms with Gasteiger partial charge in [0.15, 0.2) is 0 Å². The molecule has 0 spiro atoms. The van der Waals surface area contributed by atoms with Crippen molar-refractivity contribution < 1.29 is 19.9 Å². The minimum absolute atomic E-state index is 0.510. The molecule has 11 heavy (non-hydrogen) atoms. The van der Waals surface area contributed by atoms with Crippen molar-refractivity contribution in [1.82, 2.24) is 0 Å². The van der Waals surface area contributed by atoms with Crippen LogP contribution in [0.3, 0.4) is 0 Å². The molecular formula is C6H15BO4. The van der Waals surface area contributed by atoms with Gasteiger partial charge in [-0.25, -0.2) is 0 Å². The van der Waals surface area contributed by atoms with Crippen LogP contribution in [0.4, 0.5) is 0 Å². The van der Waals surface area contributed by atoms with E-state index in [9.17, 15) is 0 Å². The highest BCUT2D eigenvalue weighted by Gasteiger charge is 2.02. The Kier molecular flexibility index (Phi) is 11.2. The molecule has 0 unspecified atom stereocenters. The second-order valence-electron chi connectivity index (χ2n) is 2.14. The number of carboxylic acid groups (broad SMARTS) is 1. The zero-order valence-corrected chi connectivity index (χ0v) is 6.95. The van der Waals surface area contributed by atoms with E-state index in [1.54, 1.807) is 0 Å². The summed E-state index contributed by atoms with van der Waals surface area (Å²) in [5.41, 5.74) is 0. The number of rotatable bonds is 3. The van der Waals surface area contributed by atoms with Crippen LogP contribution in [0.25, 0.3) is 0 Å². The van der Waals surface area contributed by atoms with Gasteiger partial charge < -0.3 is 15.2 Å². The number of unbranched alkanes of at least 4 members (excludes halogenated alkanes) is 1. The molecule has 3 N–H and O–H groups in total. The molecule has 5 heteroatoms. The minimum atomic E-state index is -1.10. The standard InChI is InChI=1S/C4H11BO2.C2H4O2/c1-2-3-4-5(6)7;1-2(3)4/h6-7H,2-4H2,1H3;1H3,(H,3,4). The van der Waals surface area contributed by atoms with Crippen molar-refractivity contribution in [2.24, 2.45) is 0 Å². The molecule has 0 aromatic rings. The Bertz CT molecular complexity index is 90.6. The first-order chi connectivity index (χ1) is 5.00. The molecule has 0 rings (SSSR count). The predicted octanol–water partition coefficient (Wildman–Crippen LogP) is 0.350. The van der Waals surface area contributed by atoms with Crippen LogP contribution < -0.4 is 0 Å². The van der Waals surface area contributed by atoms with Gasteiger partial charge in [-0.05, 0) is 6.32 Å². The summed E-state index contributed by atoms with van der Waals surface area (Å²) in [6.07, 6.45) is 2.44. The number of aliphatic carboxylic acids is 1. The largest absolute Gasteiger partial charge is 0.481 e. The van der Waals surface area contributed by atoms with Crippen LogP contribution in [0.15, 0.2) is 0 Å². The van der Waals surface area contributed by atoms with Gasteiger partial charge in [0.25, 0.3) is 5.97 Å². The molecule has 0 saturated carbocycles. The van der Waals surface area contributed by atoms with Crippen molar-refractivity contribution in [2.45, 2.75) is 33.0 Å². The number of hydrogen-bond donors (Lipinski definition) is 3. The Morgan fingerprint density at radius 3 is 1.91 bits per heavy atom. The maximum atomic E-state index is 9.00. The van der Waals surface area contributed by atoms with Crippen molar-refractivity contribution in [3.05, 3.63) is 0 Å². The van der Waals surface area contributed by atoms with Crippen molar-refractivity contribution >= 4 is 13.1 Å². The first-order valence-corrected chi connectivity index (χ1v) is 3.56. The third-order valence-electron chi connectivity index (χ3n) is 0.816. The quantitative estimate of drug-likeness (QED) is 0.523. The normalized spacial score (nSPS) is 8.00. The smallest absolute Gasteiger partial charge is 0.451 e. The second kappa shape index (κ2) is 9.45. The van der Waals surface area contributed by atoms with Crippen molar-refractivity contribution in [2.75, 3.05) is 0 Å². The lowest BCUT2D eigenvalue weighted by Gasteiger charge is -1.91. The van der Waals surface area contributed by atoms with Crippen molar-refractivity contribution in [3.63, 3.8) is 0 Å². The molecule has 0 aromatic heterocycles. The predicted molar refractivity (Wildman–Crippen MR) is 43.2 cm³/mol. The molecule has 0 saturated heterocycles. The summed E-state index contributed by atoms with van der Waals surface area (Å²) in [4.78, 5) is 9.00. The number of carbonyl (C=O) groups is 1. The molecule has 0 aliphatic rings. The molecule has 0 aromatic carbocycles. The van der Waals surface area contributed by atoms with E-state index >= 15 is 0 Å². The molecule has 0 aliphatic heterocycles. The summed E-state index contributed by atoms with van der Waals surface area (Å²) in [5, 5.41) is 23.9.